The Labute approximate surface area is 119 Å². The Bertz CT molecular complexity index is 433. The van der Waals surface area contributed by atoms with E-state index in [1.54, 1.807) is 13.8 Å². The van der Waals surface area contributed by atoms with Crippen LogP contribution in [0.2, 0.25) is 0 Å². The van der Waals surface area contributed by atoms with Crippen molar-refractivity contribution in [1.29, 1.82) is 0 Å². The van der Waals surface area contributed by atoms with E-state index in [9.17, 15) is 14.4 Å². The van der Waals surface area contributed by atoms with Gasteiger partial charge in [-0.3, -0.25) is 14.5 Å². The second-order valence-electron chi connectivity index (χ2n) is 5.78. The highest BCUT2D eigenvalue weighted by molar-refractivity contribution is 6.07. The topological polar surface area (TPSA) is 63.7 Å². The third-order valence-electron chi connectivity index (χ3n) is 4.06. The van der Waals surface area contributed by atoms with E-state index < -0.39 is 12.0 Å². The monoisotopic (exact) mass is 279 g/mol. The normalized spacial score (nSPS) is 27.2. The van der Waals surface area contributed by atoms with Gasteiger partial charge in [0.2, 0.25) is 11.8 Å². The Morgan fingerprint density at radius 3 is 2.25 bits per heavy atom. The first-order valence-electron chi connectivity index (χ1n) is 7.11. The van der Waals surface area contributed by atoms with Crippen molar-refractivity contribution in [3.05, 3.63) is 12.2 Å². The van der Waals surface area contributed by atoms with Gasteiger partial charge in [0, 0.05) is 0 Å². The number of nitrogens with zero attached hydrogens (tertiary/aromatic N) is 1. The molecular weight excluding hydrogens is 258 g/mol. The van der Waals surface area contributed by atoms with Gasteiger partial charge in [0.25, 0.3) is 0 Å². The highest BCUT2D eigenvalue weighted by Gasteiger charge is 2.51. The molecule has 2 aliphatic rings. The van der Waals surface area contributed by atoms with Gasteiger partial charge in [-0.15, -0.1) is 0 Å². The summed E-state index contributed by atoms with van der Waals surface area (Å²) < 4.78 is 5.04. The van der Waals surface area contributed by atoms with Crippen LogP contribution < -0.4 is 0 Å². The molecular formula is C15H21NO4. The molecule has 1 aliphatic carbocycles. The Balaban J connectivity index is 2.07. The lowest BCUT2D eigenvalue weighted by atomic mass is 9.81. The van der Waals surface area contributed by atoms with Crippen molar-refractivity contribution < 1.29 is 19.1 Å². The molecule has 3 atom stereocenters. The predicted octanol–water partition coefficient (Wildman–Crippen LogP) is 1.67. The van der Waals surface area contributed by atoms with Crippen LogP contribution in [0.5, 0.6) is 0 Å². The summed E-state index contributed by atoms with van der Waals surface area (Å²) in [6, 6.07) is -0.847. The Morgan fingerprint density at radius 2 is 1.80 bits per heavy atom. The minimum absolute atomic E-state index is 0.117. The highest BCUT2D eigenvalue weighted by atomic mass is 16.5. The Kier molecular flexibility index (Phi) is 4.26. The molecule has 1 aliphatic heterocycles. The fourth-order valence-corrected chi connectivity index (χ4v) is 2.99. The molecule has 0 aromatic heterocycles. The number of likely N-dealkylation sites (tertiary alicyclic amines) is 1. The summed E-state index contributed by atoms with van der Waals surface area (Å²) >= 11 is 0. The van der Waals surface area contributed by atoms with E-state index in [1.807, 2.05) is 0 Å². The summed E-state index contributed by atoms with van der Waals surface area (Å²) in [7, 11) is 0. The molecule has 20 heavy (non-hydrogen) atoms. The lowest BCUT2D eigenvalue weighted by Gasteiger charge is -2.21. The first-order valence-corrected chi connectivity index (χ1v) is 7.11. The van der Waals surface area contributed by atoms with Crippen LogP contribution in [-0.4, -0.2) is 35.3 Å². The van der Waals surface area contributed by atoms with Gasteiger partial charge in [-0.1, -0.05) is 19.4 Å². The maximum Gasteiger partial charge on any atom is 0.329 e. The number of imide groups is 1. The predicted molar refractivity (Wildman–Crippen MR) is 72.5 cm³/mol. The molecule has 2 amide bonds. The third-order valence-corrected chi connectivity index (χ3v) is 4.06. The zero-order valence-corrected chi connectivity index (χ0v) is 12.1. The van der Waals surface area contributed by atoms with Crippen molar-refractivity contribution in [3.63, 3.8) is 0 Å². The number of rotatable bonds is 4. The Morgan fingerprint density at radius 1 is 1.30 bits per heavy atom. The lowest BCUT2D eigenvalue weighted by Crippen LogP contribution is -2.44. The van der Waals surface area contributed by atoms with Crippen molar-refractivity contribution in [2.45, 2.75) is 45.6 Å². The minimum atomic E-state index is -0.847. The molecule has 3 unspecified atom stereocenters. The van der Waals surface area contributed by atoms with Gasteiger partial charge >= 0.3 is 5.97 Å². The van der Waals surface area contributed by atoms with Gasteiger partial charge in [-0.05, 0) is 32.3 Å². The van der Waals surface area contributed by atoms with E-state index in [0.29, 0.717) is 0 Å². The maximum atomic E-state index is 12.3. The lowest BCUT2D eigenvalue weighted by molar-refractivity contribution is -0.157. The molecule has 1 saturated heterocycles. The van der Waals surface area contributed by atoms with E-state index in [0.717, 1.165) is 36.2 Å². The second-order valence-corrected chi connectivity index (χ2v) is 5.78. The van der Waals surface area contributed by atoms with Gasteiger partial charge < -0.3 is 4.74 Å². The van der Waals surface area contributed by atoms with Crippen molar-refractivity contribution in [2.75, 3.05) is 6.61 Å². The third kappa shape index (κ3) is 2.62. The van der Waals surface area contributed by atoms with Crippen LogP contribution in [0, 0.1) is 11.8 Å². The quantitative estimate of drug-likeness (QED) is 0.446. The van der Waals surface area contributed by atoms with Gasteiger partial charge in [0.05, 0.1) is 11.8 Å². The van der Waals surface area contributed by atoms with Gasteiger partial charge in [-0.25, -0.2) is 4.79 Å². The summed E-state index contributed by atoms with van der Waals surface area (Å²) in [5, 5.41) is 0. The Hall–Kier alpha value is -1.65. The zero-order chi connectivity index (χ0) is 14.9. The van der Waals surface area contributed by atoms with Crippen molar-refractivity contribution in [2.24, 2.45) is 11.8 Å². The number of carbonyl (C=O) groups excluding carboxylic acids is 3. The molecule has 5 heteroatoms. The van der Waals surface area contributed by atoms with Crippen LogP contribution >= 0.6 is 0 Å². The molecule has 1 heterocycles. The summed E-state index contributed by atoms with van der Waals surface area (Å²) in [5.74, 6) is -1.42. The molecule has 1 saturated carbocycles. The van der Waals surface area contributed by atoms with E-state index in [-0.39, 0.29) is 30.3 Å². The number of hydrogen-bond donors (Lipinski definition) is 0. The SMILES string of the molecule is C=C(C)COC(=O)C(C)N1C(=O)C2CCCCC2C1=O. The summed E-state index contributed by atoms with van der Waals surface area (Å²) in [5.41, 5.74) is 0.721. The maximum absolute atomic E-state index is 12.3. The van der Waals surface area contributed by atoms with Crippen LogP contribution in [0.4, 0.5) is 0 Å². The van der Waals surface area contributed by atoms with Crippen LogP contribution in [0.15, 0.2) is 12.2 Å². The van der Waals surface area contributed by atoms with Gasteiger partial charge in [0.1, 0.15) is 12.6 Å². The number of carbonyl (C=O) groups is 3. The van der Waals surface area contributed by atoms with Crippen LogP contribution in [0.1, 0.15) is 39.5 Å². The van der Waals surface area contributed by atoms with Crippen molar-refractivity contribution >= 4 is 17.8 Å². The van der Waals surface area contributed by atoms with Gasteiger partial charge in [-0.2, -0.15) is 0 Å². The fourth-order valence-electron chi connectivity index (χ4n) is 2.99. The zero-order valence-electron chi connectivity index (χ0n) is 12.1. The number of ether oxygens (including phenoxy) is 1. The van der Waals surface area contributed by atoms with E-state index in [1.165, 1.54) is 0 Å². The molecule has 0 aromatic rings. The molecule has 0 radical (unpaired) electrons. The second kappa shape index (κ2) is 5.77. The summed E-state index contributed by atoms with van der Waals surface area (Å²) in [6.07, 6.45) is 3.45. The molecule has 0 N–H and O–H groups in total. The molecule has 5 nitrogen and oxygen atoms in total. The molecule has 0 bridgehead atoms. The average molecular weight is 279 g/mol. The fraction of sp³-hybridized carbons (Fsp3) is 0.667. The highest BCUT2D eigenvalue weighted by Crippen LogP contribution is 2.38. The number of fused-ring (bicyclic) bond motifs is 1. The average Bonchev–Trinajstić information content (AvgIpc) is 2.68. The van der Waals surface area contributed by atoms with E-state index in [2.05, 4.69) is 6.58 Å². The first-order chi connectivity index (χ1) is 9.43. The molecule has 2 fully saturated rings. The van der Waals surface area contributed by atoms with Crippen LogP contribution in [-0.2, 0) is 19.1 Å². The smallest absolute Gasteiger partial charge is 0.329 e. The van der Waals surface area contributed by atoms with Crippen LogP contribution in [0.25, 0.3) is 0 Å². The standard InChI is InChI=1S/C15H21NO4/c1-9(2)8-20-15(19)10(3)16-13(17)11-6-4-5-7-12(11)14(16)18/h10-12H,1,4-8H2,2-3H3. The van der Waals surface area contributed by atoms with Crippen molar-refractivity contribution in [1.82, 2.24) is 4.90 Å². The van der Waals surface area contributed by atoms with E-state index in [4.69, 9.17) is 4.74 Å². The largest absolute Gasteiger partial charge is 0.460 e. The van der Waals surface area contributed by atoms with Crippen molar-refractivity contribution in [3.8, 4) is 0 Å². The molecule has 0 aromatic carbocycles. The summed E-state index contributed by atoms with van der Waals surface area (Å²) in [6.45, 7) is 7.06. The molecule has 0 spiro atoms. The molecule has 2 rings (SSSR count). The number of amides is 2. The number of hydrogen-bond acceptors (Lipinski definition) is 4. The van der Waals surface area contributed by atoms with Gasteiger partial charge in [0.15, 0.2) is 0 Å². The molecule has 110 valence electrons. The minimum Gasteiger partial charge on any atom is -0.460 e. The van der Waals surface area contributed by atoms with E-state index >= 15 is 0 Å². The first kappa shape index (κ1) is 14.8. The summed E-state index contributed by atoms with van der Waals surface area (Å²) in [4.78, 5) is 37.7. The number of esters is 1. The van der Waals surface area contributed by atoms with Crippen LogP contribution in [0.3, 0.4) is 0 Å².